The van der Waals surface area contributed by atoms with Gasteiger partial charge in [0.1, 0.15) is 0 Å². The van der Waals surface area contributed by atoms with Gasteiger partial charge in [0, 0.05) is 20.1 Å². The third-order valence-electron chi connectivity index (χ3n) is 2.79. The molecular formula is C10H19BrN4O2S. The third-order valence-corrected chi connectivity index (χ3v) is 5.65. The van der Waals surface area contributed by atoms with Gasteiger partial charge in [-0.3, -0.25) is 0 Å². The van der Waals surface area contributed by atoms with Gasteiger partial charge in [-0.15, -0.1) is 5.10 Å². The SMILES string of the molecule is CC(C)CC(C)N(C)S(=O)(=O)c1c(Br)nnn1C. The van der Waals surface area contributed by atoms with Crippen molar-refractivity contribution in [1.82, 2.24) is 19.3 Å². The summed E-state index contributed by atoms with van der Waals surface area (Å²) in [6.07, 6.45) is 0.804. The van der Waals surface area contributed by atoms with Gasteiger partial charge in [0.05, 0.1) is 0 Å². The highest BCUT2D eigenvalue weighted by Crippen LogP contribution is 2.24. The van der Waals surface area contributed by atoms with Gasteiger partial charge in [-0.1, -0.05) is 19.1 Å². The predicted octanol–water partition coefficient (Wildman–Crippen LogP) is 1.63. The van der Waals surface area contributed by atoms with Crippen molar-refractivity contribution < 1.29 is 8.42 Å². The molecule has 1 unspecified atom stereocenters. The molecule has 0 aliphatic rings. The van der Waals surface area contributed by atoms with Crippen LogP contribution in [0.3, 0.4) is 0 Å². The lowest BCUT2D eigenvalue weighted by Crippen LogP contribution is -2.37. The fourth-order valence-electron chi connectivity index (χ4n) is 1.80. The molecule has 104 valence electrons. The van der Waals surface area contributed by atoms with Gasteiger partial charge >= 0.3 is 0 Å². The van der Waals surface area contributed by atoms with E-state index in [2.05, 4.69) is 40.1 Å². The molecule has 1 heterocycles. The molecule has 6 nitrogen and oxygen atoms in total. The molecule has 0 N–H and O–H groups in total. The summed E-state index contributed by atoms with van der Waals surface area (Å²) in [4.78, 5) is 0. The predicted molar refractivity (Wildman–Crippen MR) is 72.6 cm³/mol. The molecule has 0 fully saturated rings. The van der Waals surface area contributed by atoms with E-state index in [4.69, 9.17) is 0 Å². The standard InChI is InChI=1S/C10H19BrN4O2S/c1-7(2)6-8(3)15(5)18(16,17)10-9(11)12-13-14(10)4/h7-8H,6H2,1-5H3. The summed E-state index contributed by atoms with van der Waals surface area (Å²) in [5.41, 5.74) is 0. The highest BCUT2D eigenvalue weighted by molar-refractivity contribution is 9.10. The van der Waals surface area contributed by atoms with E-state index in [1.807, 2.05) is 6.92 Å². The average Bonchev–Trinajstić information content (AvgIpc) is 2.56. The first-order chi connectivity index (χ1) is 8.17. The van der Waals surface area contributed by atoms with Crippen molar-refractivity contribution in [3.63, 3.8) is 0 Å². The van der Waals surface area contributed by atoms with Crippen molar-refractivity contribution in [1.29, 1.82) is 0 Å². The van der Waals surface area contributed by atoms with E-state index in [0.717, 1.165) is 6.42 Å². The molecule has 1 aromatic rings. The van der Waals surface area contributed by atoms with Crippen LogP contribution in [0, 0.1) is 5.92 Å². The third kappa shape index (κ3) is 3.10. The minimum Gasteiger partial charge on any atom is -0.235 e. The van der Waals surface area contributed by atoms with E-state index in [-0.39, 0.29) is 15.7 Å². The summed E-state index contributed by atoms with van der Waals surface area (Å²) in [7, 11) is -0.431. The first-order valence-corrected chi connectivity index (χ1v) is 7.94. The van der Waals surface area contributed by atoms with Crippen LogP contribution in [0.15, 0.2) is 9.63 Å². The topological polar surface area (TPSA) is 68.1 Å². The average molecular weight is 339 g/mol. The fourth-order valence-corrected chi connectivity index (χ4v) is 4.20. The Morgan fingerprint density at radius 1 is 1.39 bits per heavy atom. The summed E-state index contributed by atoms with van der Waals surface area (Å²) in [6, 6.07) is -0.0724. The Balaban J connectivity index is 3.08. The van der Waals surface area contributed by atoms with E-state index in [9.17, 15) is 8.42 Å². The maximum Gasteiger partial charge on any atom is 0.263 e. The number of nitrogens with zero attached hydrogens (tertiary/aromatic N) is 4. The van der Waals surface area contributed by atoms with Crippen LogP contribution in [-0.2, 0) is 17.1 Å². The van der Waals surface area contributed by atoms with E-state index in [0.29, 0.717) is 5.92 Å². The second-order valence-corrected chi connectivity index (χ2v) is 7.47. The second kappa shape index (κ2) is 5.66. The van der Waals surface area contributed by atoms with Crippen molar-refractivity contribution in [2.75, 3.05) is 7.05 Å². The van der Waals surface area contributed by atoms with Crippen LogP contribution in [0.4, 0.5) is 0 Å². The largest absolute Gasteiger partial charge is 0.263 e. The highest BCUT2D eigenvalue weighted by Gasteiger charge is 2.31. The Hall–Kier alpha value is -0.470. The van der Waals surface area contributed by atoms with Crippen molar-refractivity contribution in [3.05, 3.63) is 4.60 Å². The van der Waals surface area contributed by atoms with Crippen LogP contribution < -0.4 is 0 Å². The number of halogens is 1. The minimum absolute atomic E-state index is 0.0724. The first-order valence-electron chi connectivity index (χ1n) is 5.71. The Kier molecular flexibility index (Phi) is 4.90. The fraction of sp³-hybridized carbons (Fsp3) is 0.800. The number of sulfonamides is 1. The molecule has 0 aromatic carbocycles. The molecule has 0 aliphatic carbocycles. The van der Waals surface area contributed by atoms with Crippen LogP contribution in [-0.4, -0.2) is 40.8 Å². The second-order valence-electron chi connectivity index (χ2n) is 4.81. The first kappa shape index (κ1) is 15.6. The van der Waals surface area contributed by atoms with Gasteiger partial charge in [-0.05, 0) is 35.2 Å². The molecule has 1 atom stereocenters. The molecule has 0 amide bonds. The zero-order valence-electron chi connectivity index (χ0n) is 11.3. The number of aryl methyl sites for hydroxylation is 1. The van der Waals surface area contributed by atoms with Crippen molar-refractivity contribution >= 4 is 26.0 Å². The molecule has 0 bridgehead atoms. The number of rotatable bonds is 5. The van der Waals surface area contributed by atoms with Gasteiger partial charge in [0.2, 0.25) is 5.03 Å². The van der Waals surface area contributed by atoms with E-state index >= 15 is 0 Å². The maximum atomic E-state index is 12.5. The van der Waals surface area contributed by atoms with Crippen molar-refractivity contribution in [3.8, 4) is 0 Å². The summed E-state index contributed by atoms with van der Waals surface area (Å²) < 4.78 is 27.8. The van der Waals surface area contributed by atoms with Gasteiger partial charge in [-0.2, -0.15) is 4.31 Å². The van der Waals surface area contributed by atoms with Crippen LogP contribution in [0.25, 0.3) is 0 Å². The number of hydrogen-bond donors (Lipinski definition) is 0. The molecule has 8 heteroatoms. The van der Waals surface area contributed by atoms with E-state index in [1.165, 1.54) is 8.99 Å². The van der Waals surface area contributed by atoms with E-state index in [1.54, 1.807) is 14.1 Å². The zero-order chi connectivity index (χ0) is 14.1. The van der Waals surface area contributed by atoms with Gasteiger partial charge in [0.15, 0.2) is 4.60 Å². The van der Waals surface area contributed by atoms with Gasteiger partial charge < -0.3 is 0 Å². The van der Waals surface area contributed by atoms with Gasteiger partial charge in [-0.25, -0.2) is 13.1 Å². The molecule has 18 heavy (non-hydrogen) atoms. The highest BCUT2D eigenvalue weighted by atomic mass is 79.9. The van der Waals surface area contributed by atoms with Crippen molar-refractivity contribution in [2.45, 2.75) is 38.3 Å². The minimum atomic E-state index is -3.58. The summed E-state index contributed by atoms with van der Waals surface area (Å²) in [5, 5.41) is 7.49. The van der Waals surface area contributed by atoms with Crippen LogP contribution in [0.2, 0.25) is 0 Å². The van der Waals surface area contributed by atoms with E-state index < -0.39 is 10.0 Å². The van der Waals surface area contributed by atoms with Gasteiger partial charge in [0.25, 0.3) is 10.0 Å². The summed E-state index contributed by atoms with van der Waals surface area (Å²) >= 11 is 3.12. The zero-order valence-corrected chi connectivity index (χ0v) is 13.7. The van der Waals surface area contributed by atoms with Crippen molar-refractivity contribution in [2.24, 2.45) is 13.0 Å². The monoisotopic (exact) mass is 338 g/mol. The Bertz CT molecular complexity index is 492. The maximum absolute atomic E-state index is 12.5. The molecular weight excluding hydrogens is 320 g/mol. The Morgan fingerprint density at radius 2 is 1.94 bits per heavy atom. The Morgan fingerprint density at radius 3 is 2.33 bits per heavy atom. The molecule has 0 saturated heterocycles. The molecule has 0 spiro atoms. The lowest BCUT2D eigenvalue weighted by atomic mass is 10.1. The summed E-state index contributed by atoms with van der Waals surface area (Å²) in [5.74, 6) is 0.436. The van der Waals surface area contributed by atoms with Crippen LogP contribution >= 0.6 is 15.9 Å². The molecule has 0 saturated carbocycles. The smallest absolute Gasteiger partial charge is 0.235 e. The lowest BCUT2D eigenvalue weighted by molar-refractivity contribution is 0.335. The normalized spacial score (nSPS) is 14.4. The number of hydrogen-bond acceptors (Lipinski definition) is 4. The quantitative estimate of drug-likeness (QED) is 0.818. The molecule has 1 rings (SSSR count). The molecule has 0 radical (unpaired) electrons. The Labute approximate surface area is 117 Å². The summed E-state index contributed by atoms with van der Waals surface area (Å²) in [6.45, 7) is 6.03. The molecule has 1 aromatic heterocycles. The lowest BCUT2D eigenvalue weighted by Gasteiger charge is -2.25. The van der Waals surface area contributed by atoms with Crippen LogP contribution in [0.1, 0.15) is 27.2 Å². The van der Waals surface area contributed by atoms with Crippen LogP contribution in [0.5, 0.6) is 0 Å². The number of aromatic nitrogens is 3. The molecule has 0 aliphatic heterocycles.